The van der Waals surface area contributed by atoms with Gasteiger partial charge >= 0.3 is 0 Å². The van der Waals surface area contributed by atoms with Crippen molar-refractivity contribution in [3.63, 3.8) is 0 Å². The number of hydrogen-bond donors (Lipinski definition) is 1. The molecule has 0 saturated carbocycles. The maximum atomic E-state index is 15.4. The highest BCUT2D eigenvalue weighted by Crippen LogP contribution is 2.31. The first kappa shape index (κ1) is 50.4. The molecule has 63 heavy (non-hydrogen) atoms. The Bertz CT molecular complexity index is 2170. The summed E-state index contributed by atoms with van der Waals surface area (Å²) in [6, 6.07) is 10.4. The molecule has 1 N–H and O–H groups in total. The van der Waals surface area contributed by atoms with Gasteiger partial charge in [-0.15, -0.1) is 21.9 Å². The van der Waals surface area contributed by atoms with Crippen molar-refractivity contribution in [3.8, 4) is 0 Å². The van der Waals surface area contributed by atoms with Crippen LogP contribution in [0.4, 0.5) is 87.8 Å². The molecule has 0 aliphatic rings. The smallest absolute Gasteiger partial charge is 0.200 e. The zero-order valence-electron chi connectivity index (χ0n) is 32.9. The Hall–Kier alpha value is -5.28. The Morgan fingerprint density at radius 3 is 0.810 bits per heavy atom. The fourth-order valence-electron chi connectivity index (χ4n) is 7.51. The fraction of sp³-hybridized carbons (Fsp3) is 0.268. The lowest BCUT2D eigenvalue weighted by Crippen LogP contribution is -3.16. The van der Waals surface area contributed by atoms with Crippen LogP contribution in [0.15, 0.2) is 24.3 Å². The number of aryl methyl sites for hydroxylation is 1. The van der Waals surface area contributed by atoms with Crippen LogP contribution in [0.25, 0.3) is 0 Å². The molecule has 0 aliphatic carbocycles. The third-order valence-corrected chi connectivity index (χ3v) is 10.5. The summed E-state index contributed by atoms with van der Waals surface area (Å²) in [7, 11) is 0. The minimum absolute atomic E-state index is 0.684. The van der Waals surface area contributed by atoms with Crippen molar-refractivity contribution in [2.75, 3.05) is 0 Å². The van der Waals surface area contributed by atoms with E-state index < -0.39 is 144 Å². The SMILES string of the molecule is CCCCc1ccccc1C[NH+](C(C)C)C(C)C.Fc1c(F)c(F)c([B-](c2c(F)c(F)c(F)c(F)c2F)(c2c(F)c(F)c(F)c(F)c2F)c2c(F)c(F)c(F)c(F)c2F)c(F)c1F. The van der Waals surface area contributed by atoms with Crippen molar-refractivity contribution in [3.05, 3.63) is 152 Å². The summed E-state index contributed by atoms with van der Waals surface area (Å²) in [6.45, 7) is 12.7. The number of rotatable bonds is 11. The summed E-state index contributed by atoms with van der Waals surface area (Å²) in [5.41, 5.74) is -11.2. The zero-order chi connectivity index (χ0) is 47.9. The molecule has 5 rings (SSSR count). The Labute approximate surface area is 344 Å². The summed E-state index contributed by atoms with van der Waals surface area (Å²) in [5.74, 6) is -71.4. The maximum absolute atomic E-state index is 15.4. The predicted octanol–water partition coefficient (Wildman–Crippen LogP) is 9.08. The van der Waals surface area contributed by atoms with Gasteiger partial charge < -0.3 is 4.90 Å². The van der Waals surface area contributed by atoms with E-state index >= 15 is 35.1 Å². The van der Waals surface area contributed by atoms with Gasteiger partial charge in [0.1, 0.15) is 59.2 Å². The van der Waals surface area contributed by atoms with E-state index in [9.17, 15) is 52.7 Å². The van der Waals surface area contributed by atoms with Crippen molar-refractivity contribution in [1.29, 1.82) is 0 Å². The molecule has 5 aromatic rings. The molecule has 22 heteroatoms. The number of quaternary nitrogens is 1. The number of halogens is 20. The summed E-state index contributed by atoms with van der Waals surface area (Å²) < 4.78 is 294. The van der Waals surface area contributed by atoms with Crippen LogP contribution in [0.3, 0.4) is 0 Å². The second-order valence-electron chi connectivity index (χ2n) is 14.7. The lowest BCUT2D eigenvalue weighted by atomic mass is 9.12. The minimum atomic E-state index is -7.22. The molecule has 5 aromatic carbocycles. The molecule has 0 aliphatic heterocycles. The molecule has 0 bridgehead atoms. The lowest BCUT2D eigenvalue weighted by molar-refractivity contribution is -0.955. The summed E-state index contributed by atoms with van der Waals surface area (Å²) in [4.78, 5) is 1.68. The Morgan fingerprint density at radius 1 is 0.365 bits per heavy atom. The first-order valence-corrected chi connectivity index (χ1v) is 18.4. The standard InChI is InChI=1S/C24BF20.C17H29N/c26-5-1(6(27)14(35)21(42)13(5)34)25(2-7(28)15(36)22(43)16(37)8(2)29,3-9(30)17(38)23(44)18(39)10(3)31)4-11(32)19(40)24(45)20(41)12(4)33;1-6-7-10-16-11-8-9-12-17(16)13-18(14(2)3)15(4)5/h;8-9,11-12,14-15H,6-7,10,13H2,1-5H3/q-1;/p+1. The van der Waals surface area contributed by atoms with E-state index in [0.29, 0.717) is 12.1 Å². The van der Waals surface area contributed by atoms with Crippen LogP contribution in [0, 0.1) is 116 Å². The average Bonchev–Trinajstić information content (AvgIpc) is 3.24. The van der Waals surface area contributed by atoms with E-state index in [1.807, 2.05) is 0 Å². The normalized spacial score (nSPS) is 11.9. The molecule has 0 spiro atoms. The van der Waals surface area contributed by atoms with Gasteiger partial charge in [-0.25, -0.2) is 87.8 Å². The minimum Gasteiger partial charge on any atom is -0.327 e. The van der Waals surface area contributed by atoms with Crippen molar-refractivity contribution in [1.82, 2.24) is 0 Å². The zero-order valence-corrected chi connectivity index (χ0v) is 32.9. The van der Waals surface area contributed by atoms with Crippen molar-refractivity contribution >= 4 is 28.0 Å². The van der Waals surface area contributed by atoms with Crippen LogP contribution in [0.5, 0.6) is 0 Å². The van der Waals surface area contributed by atoms with Gasteiger partial charge in [-0.1, -0.05) is 37.6 Å². The van der Waals surface area contributed by atoms with Gasteiger partial charge in [-0.2, -0.15) is 0 Å². The number of benzene rings is 5. The third-order valence-electron chi connectivity index (χ3n) is 10.5. The van der Waals surface area contributed by atoms with Crippen LogP contribution < -0.4 is 26.8 Å². The van der Waals surface area contributed by atoms with Gasteiger partial charge in [0.25, 0.3) is 0 Å². The number of hydrogen-bond acceptors (Lipinski definition) is 0. The summed E-state index contributed by atoms with van der Waals surface area (Å²) >= 11 is 0. The van der Waals surface area contributed by atoms with Crippen LogP contribution in [0.2, 0.25) is 0 Å². The molecule has 0 saturated heterocycles. The monoisotopic (exact) mass is 927 g/mol. The molecular weight excluding hydrogens is 897 g/mol. The quantitative estimate of drug-likeness (QED) is 0.0584. The molecule has 0 unspecified atom stereocenters. The second kappa shape index (κ2) is 19.2. The highest BCUT2D eigenvalue weighted by molar-refractivity contribution is 7.20. The topological polar surface area (TPSA) is 4.44 Å². The summed E-state index contributed by atoms with van der Waals surface area (Å²) in [5, 5.41) is 0. The molecule has 0 heterocycles. The number of nitrogens with one attached hydrogen (secondary N) is 1. The molecule has 1 nitrogen and oxygen atoms in total. The van der Waals surface area contributed by atoms with Gasteiger partial charge in [0, 0.05) is 5.56 Å². The van der Waals surface area contributed by atoms with Gasteiger partial charge in [-0.3, -0.25) is 0 Å². The molecule has 0 atom stereocenters. The van der Waals surface area contributed by atoms with Crippen molar-refractivity contribution in [2.24, 2.45) is 0 Å². The van der Waals surface area contributed by atoms with Gasteiger partial charge in [-0.05, 0) is 46.1 Å². The van der Waals surface area contributed by atoms with Crippen LogP contribution >= 0.6 is 0 Å². The van der Waals surface area contributed by atoms with Crippen molar-refractivity contribution in [2.45, 2.75) is 72.5 Å². The first-order valence-electron chi connectivity index (χ1n) is 18.4. The van der Waals surface area contributed by atoms with Crippen LogP contribution in [-0.2, 0) is 13.0 Å². The average molecular weight is 927 g/mol. The molecule has 342 valence electrons. The van der Waals surface area contributed by atoms with Crippen LogP contribution in [-0.4, -0.2) is 18.2 Å². The largest absolute Gasteiger partial charge is 0.327 e. The summed E-state index contributed by atoms with van der Waals surface area (Å²) in [6.07, 6.45) is -3.41. The number of unbranched alkanes of at least 4 members (excludes halogenated alkanes) is 1. The molecule has 0 aromatic heterocycles. The molecule has 0 amide bonds. The van der Waals surface area contributed by atoms with E-state index in [4.69, 9.17) is 0 Å². The van der Waals surface area contributed by atoms with Gasteiger partial charge in [0.15, 0.2) is 69.8 Å². The van der Waals surface area contributed by atoms with E-state index in [1.54, 1.807) is 16.0 Å². The maximum Gasteiger partial charge on any atom is 0.200 e. The highest BCUT2D eigenvalue weighted by atomic mass is 19.2. The van der Waals surface area contributed by atoms with Gasteiger partial charge in [0.05, 0.1) is 12.1 Å². The Morgan fingerprint density at radius 2 is 0.587 bits per heavy atom. The highest BCUT2D eigenvalue weighted by Gasteiger charge is 2.52. The first-order chi connectivity index (χ1) is 29.3. The molecule has 0 radical (unpaired) electrons. The Balaban J connectivity index is 0.000000405. The van der Waals surface area contributed by atoms with Crippen molar-refractivity contribution < 1.29 is 92.7 Å². The van der Waals surface area contributed by atoms with E-state index in [-0.39, 0.29) is 0 Å². The fourth-order valence-corrected chi connectivity index (χ4v) is 7.51. The van der Waals surface area contributed by atoms with E-state index in [2.05, 4.69) is 58.9 Å². The lowest BCUT2D eigenvalue weighted by Gasteiger charge is -2.44. The molecule has 0 fully saturated rings. The van der Waals surface area contributed by atoms with E-state index in [0.717, 1.165) is 6.54 Å². The van der Waals surface area contributed by atoms with E-state index in [1.165, 1.54) is 19.3 Å². The predicted molar refractivity (Wildman–Crippen MR) is 189 cm³/mol. The Kier molecular flexibility index (Phi) is 15.4. The van der Waals surface area contributed by atoms with Gasteiger partial charge in [0.2, 0.25) is 0 Å². The molecular formula is C41H30BF20N. The van der Waals surface area contributed by atoms with Crippen LogP contribution in [0.1, 0.15) is 58.6 Å². The second-order valence-corrected chi connectivity index (χ2v) is 14.7. The third kappa shape index (κ3) is 8.46.